The second kappa shape index (κ2) is 12.2. The van der Waals surface area contributed by atoms with E-state index in [1.54, 1.807) is 6.20 Å². The van der Waals surface area contributed by atoms with Crippen molar-refractivity contribution in [2.24, 2.45) is 0 Å². The van der Waals surface area contributed by atoms with Gasteiger partial charge in [-0.05, 0) is 31.8 Å². The lowest BCUT2D eigenvalue weighted by atomic mass is 9.97. The molecule has 5 aromatic rings. The van der Waals surface area contributed by atoms with Crippen LogP contribution < -0.4 is 21.5 Å². The number of benzene rings is 2. The Labute approximate surface area is 265 Å². The van der Waals surface area contributed by atoms with Gasteiger partial charge in [0.15, 0.2) is 5.82 Å². The fourth-order valence-electron chi connectivity index (χ4n) is 5.46. The number of halogens is 3. The van der Waals surface area contributed by atoms with E-state index in [0.717, 1.165) is 16.9 Å². The number of fused-ring (bicyclic) bond motifs is 2. The lowest BCUT2D eigenvalue weighted by Gasteiger charge is -2.24. The zero-order chi connectivity index (χ0) is 32.0. The molecule has 0 radical (unpaired) electrons. The number of nitrogens with zero attached hydrogens (tertiary/aromatic N) is 6. The molecule has 2 aromatic carbocycles. The summed E-state index contributed by atoms with van der Waals surface area (Å²) in [4.78, 5) is 19.2. The third-order valence-corrected chi connectivity index (χ3v) is 9.19. The van der Waals surface area contributed by atoms with Gasteiger partial charge in [-0.25, -0.2) is 18.7 Å². The van der Waals surface area contributed by atoms with Crippen molar-refractivity contribution < 1.29 is 18.3 Å². The van der Waals surface area contributed by atoms with Crippen LogP contribution in [0.1, 0.15) is 24.0 Å². The Morgan fingerprint density at radius 1 is 1.27 bits per heavy atom. The molecular weight excluding hydrogens is 624 g/mol. The minimum absolute atomic E-state index is 0.00695. The number of nitrogens with one attached hydrogen (secondary N) is 1. The van der Waals surface area contributed by atoms with Gasteiger partial charge in [-0.1, -0.05) is 24.6 Å². The van der Waals surface area contributed by atoms with Crippen molar-refractivity contribution in [2.45, 2.75) is 25.0 Å². The molecule has 232 valence electrons. The van der Waals surface area contributed by atoms with Crippen LogP contribution in [-0.4, -0.2) is 70.8 Å². The van der Waals surface area contributed by atoms with Gasteiger partial charge >= 0.3 is 6.01 Å². The maximum Gasteiger partial charge on any atom is 0.319 e. The molecule has 0 amide bonds. The first-order valence-electron chi connectivity index (χ1n) is 13.9. The van der Waals surface area contributed by atoms with Crippen molar-refractivity contribution in [2.75, 3.05) is 50.6 Å². The quantitative estimate of drug-likeness (QED) is 0.202. The first kappa shape index (κ1) is 30.6. The average molecular weight is 652 g/mol. The molecule has 1 aliphatic heterocycles. The fraction of sp³-hybridized carbons (Fsp3) is 0.300. The predicted octanol–water partition coefficient (Wildman–Crippen LogP) is 5.19. The Morgan fingerprint density at radius 3 is 2.80 bits per heavy atom. The van der Waals surface area contributed by atoms with Gasteiger partial charge in [-0.3, -0.25) is 0 Å². The monoisotopic (exact) mass is 651 g/mol. The summed E-state index contributed by atoms with van der Waals surface area (Å²) in [5, 5.41) is 13.7. The number of hydrogen-bond donors (Lipinski definition) is 3. The Bertz CT molecular complexity index is 1980. The largest absolute Gasteiger partial charge is 0.456 e. The van der Waals surface area contributed by atoms with Crippen LogP contribution in [0, 0.1) is 23.0 Å². The number of nitriles is 1. The Morgan fingerprint density at radius 2 is 2.07 bits per heavy atom. The molecule has 0 saturated carbocycles. The summed E-state index contributed by atoms with van der Waals surface area (Å²) >= 11 is 7.67. The second-order valence-electron chi connectivity index (χ2n) is 10.9. The predicted molar refractivity (Wildman–Crippen MR) is 170 cm³/mol. The number of likely N-dealkylation sites (N-methyl/N-ethyl adjacent to an activating group) is 1. The lowest BCUT2D eigenvalue weighted by molar-refractivity contribution is 0.117. The number of anilines is 3. The number of aromatic nitrogens is 4. The normalized spacial score (nSPS) is 17.2. The molecule has 1 saturated heterocycles. The van der Waals surface area contributed by atoms with Crippen molar-refractivity contribution in [3.8, 4) is 23.2 Å². The number of ether oxygens (including phenoxy) is 2. The minimum atomic E-state index is -0.796. The standard InChI is InChI=1S/C30H28ClF2N9O2S/c1-13(17-9-37-12-39-27(17)35)8-38-29-15-6-18(31)23(14-4-5-19(32)26-22(14)16(7-34)28(36)45-26)24(33)25(15)40-30(41-29)44-21-11-43-10-20(21)42(2)3/h4-6,9,12-13,20-21H,8,10-11,36H2,1-3H3,(H2,35,37,39)(H,38,40,41)/t13-,20+,21+/m0/s1. The van der Waals surface area contributed by atoms with Gasteiger partial charge < -0.3 is 31.2 Å². The third kappa shape index (κ3) is 5.53. The van der Waals surface area contributed by atoms with Crippen LogP contribution in [0.5, 0.6) is 6.01 Å². The molecule has 6 rings (SSSR count). The van der Waals surface area contributed by atoms with Gasteiger partial charge in [0.25, 0.3) is 0 Å². The zero-order valence-electron chi connectivity index (χ0n) is 24.4. The molecule has 15 heteroatoms. The molecule has 45 heavy (non-hydrogen) atoms. The average Bonchev–Trinajstić information content (AvgIpc) is 3.61. The molecule has 1 aliphatic rings. The SMILES string of the molecule is C[C@@H](CNc1nc(O[C@@H]2COC[C@H]2N(C)C)nc2c(F)c(-c3ccc(F)c4sc(N)c(C#N)c34)c(Cl)cc12)c1cncnc1N. The topological polar surface area (TPSA) is 161 Å². The van der Waals surface area contributed by atoms with E-state index in [1.807, 2.05) is 32.0 Å². The first-order valence-corrected chi connectivity index (χ1v) is 15.1. The summed E-state index contributed by atoms with van der Waals surface area (Å²) in [7, 11) is 3.82. The van der Waals surface area contributed by atoms with E-state index in [9.17, 15) is 9.65 Å². The fourth-order valence-corrected chi connectivity index (χ4v) is 6.70. The van der Waals surface area contributed by atoms with Crippen molar-refractivity contribution in [1.29, 1.82) is 5.26 Å². The Kier molecular flexibility index (Phi) is 8.27. The van der Waals surface area contributed by atoms with Crippen LogP contribution in [0.3, 0.4) is 0 Å². The maximum absolute atomic E-state index is 16.8. The maximum atomic E-state index is 16.8. The number of rotatable bonds is 8. The highest BCUT2D eigenvalue weighted by atomic mass is 35.5. The molecule has 0 unspecified atom stereocenters. The van der Waals surface area contributed by atoms with Gasteiger partial charge in [0.2, 0.25) is 0 Å². The lowest BCUT2D eigenvalue weighted by Crippen LogP contribution is -2.41. The summed E-state index contributed by atoms with van der Waals surface area (Å²) in [6.45, 7) is 3.02. The highest BCUT2D eigenvalue weighted by Gasteiger charge is 2.33. The van der Waals surface area contributed by atoms with Gasteiger partial charge in [0.05, 0.1) is 34.5 Å². The zero-order valence-corrected chi connectivity index (χ0v) is 26.0. The van der Waals surface area contributed by atoms with E-state index >= 15 is 4.39 Å². The minimum Gasteiger partial charge on any atom is -0.456 e. The highest BCUT2D eigenvalue weighted by molar-refractivity contribution is 7.23. The first-order chi connectivity index (χ1) is 21.6. The summed E-state index contributed by atoms with van der Waals surface area (Å²) < 4.78 is 43.5. The summed E-state index contributed by atoms with van der Waals surface area (Å²) in [6, 6.07) is 5.97. The molecule has 4 heterocycles. The summed E-state index contributed by atoms with van der Waals surface area (Å²) in [5.74, 6) is -0.910. The van der Waals surface area contributed by atoms with Crippen LogP contribution in [0.15, 0.2) is 30.7 Å². The van der Waals surface area contributed by atoms with E-state index in [1.165, 1.54) is 24.5 Å². The van der Waals surface area contributed by atoms with E-state index in [4.69, 9.17) is 32.5 Å². The van der Waals surface area contributed by atoms with Crippen molar-refractivity contribution >= 4 is 60.6 Å². The number of nitrogens with two attached hydrogens (primary N) is 2. The number of hydrogen-bond acceptors (Lipinski definition) is 12. The Balaban J connectivity index is 1.50. The highest BCUT2D eigenvalue weighted by Crippen LogP contribution is 2.45. The molecule has 3 aromatic heterocycles. The number of nitrogen functional groups attached to an aromatic ring is 2. The van der Waals surface area contributed by atoms with Crippen LogP contribution in [0.4, 0.5) is 25.4 Å². The molecular formula is C30H28ClF2N9O2S. The van der Waals surface area contributed by atoms with E-state index in [2.05, 4.69) is 25.3 Å². The smallest absolute Gasteiger partial charge is 0.319 e. The van der Waals surface area contributed by atoms with Crippen molar-refractivity contribution in [1.82, 2.24) is 24.8 Å². The van der Waals surface area contributed by atoms with E-state index in [-0.39, 0.29) is 71.5 Å². The van der Waals surface area contributed by atoms with Gasteiger partial charge in [0, 0.05) is 40.6 Å². The number of thiophene rings is 1. The van der Waals surface area contributed by atoms with Crippen molar-refractivity contribution in [3.63, 3.8) is 0 Å². The van der Waals surface area contributed by atoms with Crippen molar-refractivity contribution in [3.05, 3.63) is 58.5 Å². The van der Waals surface area contributed by atoms with Gasteiger partial charge in [-0.2, -0.15) is 15.2 Å². The van der Waals surface area contributed by atoms with Gasteiger partial charge in [-0.15, -0.1) is 11.3 Å². The molecule has 5 N–H and O–H groups in total. The molecule has 3 atom stereocenters. The Hall–Kier alpha value is -4.42. The van der Waals surface area contributed by atoms with E-state index < -0.39 is 17.7 Å². The van der Waals surface area contributed by atoms with Gasteiger partial charge in [0.1, 0.15) is 46.5 Å². The van der Waals surface area contributed by atoms with Crippen LogP contribution >= 0.6 is 22.9 Å². The van der Waals surface area contributed by atoms with Crippen LogP contribution in [0.25, 0.3) is 32.1 Å². The third-order valence-electron chi connectivity index (χ3n) is 7.86. The summed E-state index contributed by atoms with van der Waals surface area (Å²) in [6.07, 6.45) is 2.60. The van der Waals surface area contributed by atoms with Crippen LogP contribution in [-0.2, 0) is 4.74 Å². The van der Waals surface area contributed by atoms with E-state index in [0.29, 0.717) is 25.6 Å². The van der Waals surface area contributed by atoms with Crippen LogP contribution in [0.2, 0.25) is 5.02 Å². The second-order valence-corrected chi connectivity index (χ2v) is 12.4. The summed E-state index contributed by atoms with van der Waals surface area (Å²) in [5.41, 5.74) is 12.9. The molecule has 11 nitrogen and oxygen atoms in total. The molecule has 1 fully saturated rings. The molecule has 0 aliphatic carbocycles. The molecule has 0 bridgehead atoms. The molecule has 0 spiro atoms.